The molecule has 1 fully saturated rings. The van der Waals surface area contributed by atoms with E-state index in [-0.39, 0.29) is 11.5 Å². The zero-order valence-corrected chi connectivity index (χ0v) is 16.7. The lowest BCUT2D eigenvalue weighted by atomic mass is 10.1. The Hall–Kier alpha value is -2.27. The van der Waals surface area contributed by atoms with E-state index in [0.717, 1.165) is 24.0 Å². The number of nitrogens with zero attached hydrogens (tertiary/aromatic N) is 1. The summed E-state index contributed by atoms with van der Waals surface area (Å²) in [5.41, 5.74) is 1.49. The number of alkyl carbamates (subject to hydrolysis) is 1. The van der Waals surface area contributed by atoms with Gasteiger partial charge in [-0.15, -0.1) is 0 Å². The van der Waals surface area contributed by atoms with Crippen LogP contribution in [0.5, 0.6) is 5.75 Å². The Kier molecular flexibility index (Phi) is 5.61. The molecule has 1 saturated carbocycles. The average molecular weight is 389 g/mol. The normalized spacial score (nSPS) is 15.1. The monoisotopic (exact) mass is 388 g/mol. The van der Waals surface area contributed by atoms with E-state index < -0.39 is 5.60 Å². The molecule has 0 radical (unpaired) electrons. The molecule has 0 atom stereocenters. The van der Waals surface area contributed by atoms with Gasteiger partial charge in [-0.3, -0.25) is 4.98 Å². The number of nitrogens with one attached hydrogen (secondary N) is 1. The molecule has 5 nitrogen and oxygen atoms in total. The van der Waals surface area contributed by atoms with Gasteiger partial charge >= 0.3 is 6.09 Å². The molecule has 0 aliphatic heterocycles. The van der Waals surface area contributed by atoms with Crippen LogP contribution in [0.15, 0.2) is 42.7 Å². The van der Waals surface area contributed by atoms with E-state index in [1.807, 2.05) is 51.1 Å². The van der Waals surface area contributed by atoms with Crippen LogP contribution in [0.4, 0.5) is 4.79 Å². The third-order valence-corrected chi connectivity index (χ3v) is 4.65. The Labute approximate surface area is 165 Å². The second kappa shape index (κ2) is 7.77. The first kappa shape index (κ1) is 19.5. The van der Waals surface area contributed by atoms with Crippen molar-refractivity contribution in [2.75, 3.05) is 13.2 Å². The van der Waals surface area contributed by atoms with Gasteiger partial charge in [-0.1, -0.05) is 23.7 Å². The maximum atomic E-state index is 11.8. The number of hydrogen-bond acceptors (Lipinski definition) is 4. The number of ether oxygens (including phenoxy) is 2. The van der Waals surface area contributed by atoms with Crippen molar-refractivity contribution in [3.63, 3.8) is 0 Å². The predicted octanol–water partition coefficient (Wildman–Crippen LogP) is 5.09. The standard InChI is InChI=1S/C21H25ClN2O3/c1-20(2,3)27-19(25)24-13-21(8-9-21)14-26-18-10-16(11-23-12-18)15-4-6-17(22)7-5-15/h4-7,10-12H,8-9,13-14H2,1-3H3,(H,24,25). The molecule has 27 heavy (non-hydrogen) atoms. The summed E-state index contributed by atoms with van der Waals surface area (Å²) in [6.07, 6.45) is 5.16. The quantitative estimate of drug-likeness (QED) is 0.749. The number of carbonyl (C=O) groups is 1. The van der Waals surface area contributed by atoms with Gasteiger partial charge < -0.3 is 14.8 Å². The van der Waals surface area contributed by atoms with Crippen LogP contribution in [-0.2, 0) is 4.74 Å². The topological polar surface area (TPSA) is 60.5 Å². The van der Waals surface area contributed by atoms with Gasteiger partial charge in [0.05, 0.1) is 12.8 Å². The number of amides is 1. The first-order valence-electron chi connectivity index (χ1n) is 9.05. The lowest BCUT2D eigenvalue weighted by Gasteiger charge is -2.22. The maximum Gasteiger partial charge on any atom is 0.407 e. The molecule has 1 amide bonds. The minimum Gasteiger partial charge on any atom is -0.491 e. The zero-order chi connectivity index (χ0) is 19.5. The highest BCUT2D eigenvalue weighted by Crippen LogP contribution is 2.45. The first-order valence-corrected chi connectivity index (χ1v) is 9.43. The largest absolute Gasteiger partial charge is 0.491 e. The van der Waals surface area contributed by atoms with E-state index in [1.165, 1.54) is 0 Å². The van der Waals surface area contributed by atoms with Gasteiger partial charge in [0.1, 0.15) is 11.4 Å². The zero-order valence-electron chi connectivity index (χ0n) is 15.9. The Bertz CT molecular complexity index is 796. The first-order chi connectivity index (χ1) is 12.7. The van der Waals surface area contributed by atoms with E-state index in [9.17, 15) is 4.79 Å². The van der Waals surface area contributed by atoms with Crippen molar-refractivity contribution in [1.29, 1.82) is 0 Å². The predicted molar refractivity (Wildman–Crippen MR) is 106 cm³/mol. The number of benzene rings is 1. The Morgan fingerprint density at radius 2 is 1.89 bits per heavy atom. The lowest BCUT2D eigenvalue weighted by molar-refractivity contribution is 0.0509. The van der Waals surface area contributed by atoms with Crippen LogP contribution in [0.2, 0.25) is 5.02 Å². The highest BCUT2D eigenvalue weighted by atomic mass is 35.5. The third kappa shape index (κ3) is 5.86. The van der Waals surface area contributed by atoms with Crippen molar-refractivity contribution >= 4 is 17.7 Å². The molecule has 1 aliphatic carbocycles. The number of halogens is 1. The minimum absolute atomic E-state index is 0.0207. The molecular weight excluding hydrogens is 364 g/mol. The second-order valence-corrected chi connectivity index (χ2v) is 8.50. The fourth-order valence-electron chi connectivity index (χ4n) is 2.66. The highest BCUT2D eigenvalue weighted by molar-refractivity contribution is 6.30. The van der Waals surface area contributed by atoms with Gasteiger partial charge in [0.2, 0.25) is 0 Å². The fourth-order valence-corrected chi connectivity index (χ4v) is 2.78. The molecule has 1 aromatic carbocycles. The summed E-state index contributed by atoms with van der Waals surface area (Å²) in [4.78, 5) is 16.1. The summed E-state index contributed by atoms with van der Waals surface area (Å²) < 4.78 is 11.3. The summed E-state index contributed by atoms with van der Waals surface area (Å²) in [6.45, 7) is 6.64. The molecule has 6 heteroatoms. The van der Waals surface area contributed by atoms with Gasteiger partial charge in [0.15, 0.2) is 0 Å². The van der Waals surface area contributed by atoms with Crippen LogP contribution in [0, 0.1) is 5.41 Å². The summed E-state index contributed by atoms with van der Waals surface area (Å²) in [7, 11) is 0. The summed E-state index contributed by atoms with van der Waals surface area (Å²) in [5, 5.41) is 3.55. The minimum atomic E-state index is -0.495. The fraction of sp³-hybridized carbons (Fsp3) is 0.429. The van der Waals surface area contributed by atoms with Gasteiger partial charge in [-0.05, 0) is 57.4 Å². The van der Waals surface area contributed by atoms with Gasteiger partial charge in [0.25, 0.3) is 0 Å². The van der Waals surface area contributed by atoms with Crippen molar-refractivity contribution in [3.8, 4) is 16.9 Å². The second-order valence-electron chi connectivity index (χ2n) is 8.06. The number of hydrogen-bond donors (Lipinski definition) is 1. The van der Waals surface area contributed by atoms with Crippen molar-refractivity contribution in [2.45, 2.75) is 39.2 Å². The van der Waals surface area contributed by atoms with E-state index in [2.05, 4.69) is 10.3 Å². The van der Waals surface area contributed by atoms with Crippen LogP contribution in [0.1, 0.15) is 33.6 Å². The van der Waals surface area contributed by atoms with Crippen LogP contribution in [0.3, 0.4) is 0 Å². The van der Waals surface area contributed by atoms with Crippen LogP contribution < -0.4 is 10.1 Å². The summed E-state index contributed by atoms with van der Waals surface area (Å²) >= 11 is 5.95. The van der Waals surface area contributed by atoms with Crippen molar-refractivity contribution in [3.05, 3.63) is 47.7 Å². The molecule has 0 spiro atoms. The molecule has 3 rings (SSSR count). The highest BCUT2D eigenvalue weighted by Gasteiger charge is 2.44. The molecule has 2 aromatic rings. The molecule has 0 bridgehead atoms. The summed E-state index contributed by atoms with van der Waals surface area (Å²) in [6, 6.07) is 9.58. The van der Waals surface area contributed by atoms with Crippen molar-refractivity contribution in [2.24, 2.45) is 5.41 Å². The molecule has 144 valence electrons. The molecule has 1 aliphatic rings. The smallest absolute Gasteiger partial charge is 0.407 e. The molecule has 1 aromatic heterocycles. The maximum absolute atomic E-state index is 11.8. The Morgan fingerprint density at radius 1 is 1.19 bits per heavy atom. The average Bonchev–Trinajstić information content (AvgIpc) is 3.38. The Balaban J connectivity index is 1.55. The molecule has 0 saturated heterocycles. The number of aromatic nitrogens is 1. The van der Waals surface area contributed by atoms with Gasteiger partial charge in [0, 0.05) is 28.7 Å². The van der Waals surface area contributed by atoms with E-state index in [4.69, 9.17) is 21.1 Å². The van der Waals surface area contributed by atoms with Crippen LogP contribution in [0.25, 0.3) is 11.1 Å². The number of rotatable bonds is 6. The summed E-state index contributed by atoms with van der Waals surface area (Å²) in [5.74, 6) is 0.714. The third-order valence-electron chi connectivity index (χ3n) is 4.40. The number of carbonyl (C=O) groups excluding carboxylic acids is 1. The number of pyridine rings is 1. The van der Waals surface area contributed by atoms with E-state index in [1.54, 1.807) is 12.4 Å². The van der Waals surface area contributed by atoms with E-state index >= 15 is 0 Å². The molecule has 0 unspecified atom stereocenters. The van der Waals surface area contributed by atoms with Crippen LogP contribution >= 0.6 is 11.6 Å². The lowest BCUT2D eigenvalue weighted by Crippen LogP contribution is -2.37. The van der Waals surface area contributed by atoms with Crippen LogP contribution in [-0.4, -0.2) is 29.8 Å². The molecule has 1 heterocycles. The van der Waals surface area contributed by atoms with Crippen molar-refractivity contribution < 1.29 is 14.3 Å². The Morgan fingerprint density at radius 3 is 2.52 bits per heavy atom. The SMILES string of the molecule is CC(C)(C)OC(=O)NCC1(COc2cncc(-c3ccc(Cl)cc3)c2)CC1. The molecule has 1 N–H and O–H groups in total. The van der Waals surface area contributed by atoms with Gasteiger partial charge in [-0.2, -0.15) is 0 Å². The van der Waals surface area contributed by atoms with Crippen molar-refractivity contribution in [1.82, 2.24) is 10.3 Å². The van der Waals surface area contributed by atoms with Gasteiger partial charge in [-0.25, -0.2) is 4.79 Å². The molecular formula is C21H25ClN2O3. The van der Waals surface area contributed by atoms with E-state index in [0.29, 0.717) is 23.9 Å².